The molecule has 0 aliphatic carbocycles. The van der Waals surface area contributed by atoms with Crippen molar-refractivity contribution in [1.82, 2.24) is 14.4 Å². The van der Waals surface area contributed by atoms with E-state index < -0.39 is 17.1 Å². The summed E-state index contributed by atoms with van der Waals surface area (Å²) in [5, 5.41) is 10.1. The van der Waals surface area contributed by atoms with Crippen molar-refractivity contribution in [3.8, 4) is 0 Å². The van der Waals surface area contributed by atoms with Crippen LogP contribution in [0.4, 0.5) is 0 Å². The minimum atomic E-state index is -0.535. The number of piperidine rings is 2. The lowest BCUT2D eigenvalue weighted by Crippen LogP contribution is -2.64. The normalized spacial score (nSPS) is 26.3. The molecule has 3 rings (SSSR count). The maximum Gasteiger partial charge on any atom is 0.296 e. The molecule has 2 aliphatic heterocycles. The Labute approximate surface area is 147 Å². The van der Waals surface area contributed by atoms with Crippen LogP contribution in [-0.4, -0.2) is 69.4 Å². The van der Waals surface area contributed by atoms with Crippen LogP contribution in [0.2, 0.25) is 0 Å². The molecule has 3 heterocycles. The first-order chi connectivity index (χ1) is 11.9. The van der Waals surface area contributed by atoms with Gasteiger partial charge in [-0.25, -0.2) is 0 Å². The fourth-order valence-electron chi connectivity index (χ4n) is 4.32. The van der Waals surface area contributed by atoms with Crippen LogP contribution in [0.25, 0.3) is 0 Å². The molecule has 7 heteroatoms. The first kappa shape index (κ1) is 17.7. The number of hydrogen-bond acceptors (Lipinski definition) is 4. The van der Waals surface area contributed by atoms with Crippen LogP contribution >= 0.6 is 0 Å². The molecule has 2 saturated heterocycles. The molecule has 2 amide bonds. The molecule has 25 heavy (non-hydrogen) atoms. The maximum atomic E-state index is 12.9. The van der Waals surface area contributed by atoms with Crippen LogP contribution in [0.3, 0.4) is 0 Å². The maximum absolute atomic E-state index is 12.9. The second-order valence-electron chi connectivity index (χ2n) is 7.20. The zero-order valence-electron chi connectivity index (χ0n) is 14.8. The molecule has 0 bridgehead atoms. The summed E-state index contributed by atoms with van der Waals surface area (Å²) in [6.07, 6.45) is 3.79. The smallest absolute Gasteiger partial charge is 0.296 e. The average Bonchev–Trinajstić information content (AvgIpc) is 3.05. The van der Waals surface area contributed by atoms with Gasteiger partial charge >= 0.3 is 0 Å². The fraction of sp³-hybridized carbons (Fsp3) is 0.611. The Morgan fingerprint density at radius 2 is 2.08 bits per heavy atom. The first-order valence-corrected chi connectivity index (χ1v) is 8.72. The number of amides is 2. The third kappa shape index (κ3) is 2.97. The highest BCUT2D eigenvalue weighted by Gasteiger charge is 2.50. The summed E-state index contributed by atoms with van der Waals surface area (Å²) in [6.45, 7) is 2.93. The Morgan fingerprint density at radius 3 is 2.68 bits per heavy atom. The van der Waals surface area contributed by atoms with Crippen molar-refractivity contribution < 1.29 is 19.5 Å². The van der Waals surface area contributed by atoms with Gasteiger partial charge in [0.05, 0.1) is 12.3 Å². The number of likely N-dealkylation sites (tertiary alicyclic amines) is 2. The summed E-state index contributed by atoms with van der Waals surface area (Å²) in [6, 6.07) is 3.17. The third-order valence-electron chi connectivity index (χ3n) is 5.73. The topological polar surface area (TPSA) is 82.9 Å². The number of aliphatic hydroxyl groups excluding tert-OH is 1. The van der Waals surface area contributed by atoms with E-state index in [1.165, 1.54) is 6.92 Å². The highest BCUT2D eigenvalue weighted by molar-refractivity contribution is 6.42. The first-order valence-electron chi connectivity index (χ1n) is 8.72. The largest absolute Gasteiger partial charge is 0.396 e. The minimum Gasteiger partial charge on any atom is -0.396 e. The number of aryl methyl sites for hydroxylation is 1. The van der Waals surface area contributed by atoms with Gasteiger partial charge in [0.2, 0.25) is 5.91 Å². The highest BCUT2D eigenvalue weighted by atomic mass is 16.3. The van der Waals surface area contributed by atoms with Gasteiger partial charge < -0.3 is 19.5 Å². The minimum absolute atomic E-state index is 0.0189. The SMILES string of the molecule is CC(=O)N1CC[C@H]2N(C(=O)C(=O)c3cccn3C)CCC[C@]2(CO)C1. The van der Waals surface area contributed by atoms with Crippen molar-refractivity contribution in [3.63, 3.8) is 0 Å². The van der Waals surface area contributed by atoms with Crippen LogP contribution in [0.1, 0.15) is 36.7 Å². The predicted octanol–water partition coefficient (Wildman–Crippen LogP) is 0.430. The van der Waals surface area contributed by atoms with Gasteiger partial charge in [-0.15, -0.1) is 0 Å². The molecule has 0 unspecified atom stereocenters. The number of ketones is 1. The standard InChI is InChI=1S/C18H25N3O4/c1-13(23)20-10-6-15-18(11-20,12-22)7-4-9-21(15)17(25)16(24)14-5-3-8-19(14)2/h3,5,8,15,22H,4,6-7,9-12H2,1-2H3/t15-,18-/m1/s1. The summed E-state index contributed by atoms with van der Waals surface area (Å²) in [5.41, 5.74) is -0.168. The number of rotatable bonds is 3. The van der Waals surface area contributed by atoms with E-state index in [1.54, 1.807) is 39.7 Å². The van der Waals surface area contributed by atoms with Crippen LogP contribution in [0, 0.1) is 5.41 Å². The van der Waals surface area contributed by atoms with Crippen molar-refractivity contribution in [2.45, 2.75) is 32.2 Å². The molecular formula is C18H25N3O4. The van der Waals surface area contributed by atoms with Crippen molar-refractivity contribution >= 4 is 17.6 Å². The number of nitrogens with zero attached hydrogens (tertiary/aromatic N) is 3. The lowest BCUT2D eigenvalue weighted by Gasteiger charge is -2.54. The number of carbonyl (C=O) groups excluding carboxylic acids is 3. The second-order valence-corrected chi connectivity index (χ2v) is 7.20. The third-order valence-corrected chi connectivity index (χ3v) is 5.73. The van der Waals surface area contributed by atoms with Crippen LogP contribution in [-0.2, 0) is 16.6 Å². The van der Waals surface area contributed by atoms with E-state index in [4.69, 9.17) is 0 Å². The molecule has 0 radical (unpaired) electrons. The Hall–Kier alpha value is -2.15. The summed E-state index contributed by atoms with van der Waals surface area (Å²) < 4.78 is 1.64. The molecule has 2 atom stereocenters. The molecule has 2 fully saturated rings. The van der Waals surface area contributed by atoms with Crippen LogP contribution in [0.15, 0.2) is 18.3 Å². The molecule has 136 valence electrons. The molecule has 0 saturated carbocycles. The van der Waals surface area contributed by atoms with Gasteiger partial charge in [0, 0.05) is 51.3 Å². The predicted molar refractivity (Wildman–Crippen MR) is 90.9 cm³/mol. The van der Waals surface area contributed by atoms with Crippen molar-refractivity contribution in [2.75, 3.05) is 26.2 Å². The van der Waals surface area contributed by atoms with Crippen molar-refractivity contribution in [2.24, 2.45) is 12.5 Å². The zero-order chi connectivity index (χ0) is 18.2. The Balaban J connectivity index is 1.85. The monoisotopic (exact) mass is 347 g/mol. The molecule has 1 N–H and O–H groups in total. The molecule has 1 aromatic rings. The Kier molecular flexibility index (Phi) is 4.69. The zero-order valence-corrected chi connectivity index (χ0v) is 14.8. The number of aliphatic hydroxyl groups is 1. The highest BCUT2D eigenvalue weighted by Crippen LogP contribution is 2.41. The number of Topliss-reactive ketones (excluding diaryl/α,β-unsaturated/α-hetero) is 1. The van der Waals surface area contributed by atoms with Crippen LogP contribution in [0.5, 0.6) is 0 Å². The summed E-state index contributed by atoms with van der Waals surface area (Å²) in [7, 11) is 1.74. The van der Waals surface area contributed by atoms with E-state index in [0.29, 0.717) is 31.7 Å². The molecule has 7 nitrogen and oxygen atoms in total. The molecule has 0 spiro atoms. The number of aromatic nitrogens is 1. The fourth-order valence-corrected chi connectivity index (χ4v) is 4.32. The molecule has 1 aromatic heterocycles. The lowest BCUT2D eigenvalue weighted by molar-refractivity contribution is -0.148. The van der Waals surface area contributed by atoms with Crippen molar-refractivity contribution in [1.29, 1.82) is 0 Å². The summed E-state index contributed by atoms with van der Waals surface area (Å²) in [4.78, 5) is 40.6. The van der Waals surface area contributed by atoms with E-state index in [2.05, 4.69) is 0 Å². The number of fused-ring (bicyclic) bond motifs is 1. The number of hydrogen-bond donors (Lipinski definition) is 1. The van der Waals surface area contributed by atoms with Gasteiger partial charge in [0.25, 0.3) is 11.7 Å². The van der Waals surface area contributed by atoms with Gasteiger partial charge in [-0.1, -0.05) is 0 Å². The van der Waals surface area contributed by atoms with E-state index in [0.717, 1.165) is 12.8 Å². The molecule has 0 aromatic carbocycles. The Bertz CT molecular complexity index is 698. The van der Waals surface area contributed by atoms with Gasteiger partial charge in [0.1, 0.15) is 0 Å². The van der Waals surface area contributed by atoms with E-state index in [1.807, 2.05) is 0 Å². The van der Waals surface area contributed by atoms with E-state index >= 15 is 0 Å². The van der Waals surface area contributed by atoms with Gasteiger partial charge in [-0.05, 0) is 31.4 Å². The second kappa shape index (κ2) is 6.63. The summed E-state index contributed by atoms with van der Waals surface area (Å²) >= 11 is 0. The average molecular weight is 347 g/mol. The van der Waals surface area contributed by atoms with Gasteiger partial charge in [-0.3, -0.25) is 14.4 Å². The van der Waals surface area contributed by atoms with Crippen LogP contribution < -0.4 is 0 Å². The van der Waals surface area contributed by atoms with E-state index in [-0.39, 0.29) is 18.6 Å². The number of carbonyl (C=O) groups is 3. The summed E-state index contributed by atoms with van der Waals surface area (Å²) in [5.74, 6) is -1.05. The molecular weight excluding hydrogens is 322 g/mol. The van der Waals surface area contributed by atoms with Gasteiger partial charge in [0.15, 0.2) is 0 Å². The van der Waals surface area contributed by atoms with E-state index in [9.17, 15) is 19.5 Å². The molecule has 2 aliphatic rings. The van der Waals surface area contributed by atoms with Crippen molar-refractivity contribution in [3.05, 3.63) is 24.0 Å². The quantitative estimate of drug-likeness (QED) is 0.635. The lowest BCUT2D eigenvalue weighted by atomic mass is 9.69. The Morgan fingerprint density at radius 1 is 1.32 bits per heavy atom. The van der Waals surface area contributed by atoms with Gasteiger partial charge in [-0.2, -0.15) is 0 Å².